The SMILES string of the molecule is CC[C@H](C)[C@@H]([C@@H](CC(=O)N1CCC[C@H]1[C@H](OC)[C@@H](C)C(=O)N[C@@H](Cc1ccccc1)C(=O)O)OC)N(C)C(=O)[C@@H](NC(=O)[C@H](C(C)C)N(C)Cc1ccc(OC(=O)OC(C)(C)C)cc1)C(C)C. The van der Waals surface area contributed by atoms with Crippen LogP contribution in [0.3, 0.4) is 0 Å². The summed E-state index contributed by atoms with van der Waals surface area (Å²) in [4.78, 5) is 86.4. The number of hydrogen-bond donors (Lipinski definition) is 3. The van der Waals surface area contributed by atoms with Crippen molar-refractivity contribution in [3.05, 3.63) is 65.7 Å². The van der Waals surface area contributed by atoms with Crippen molar-refractivity contribution in [2.75, 3.05) is 34.9 Å². The Bertz CT molecular complexity index is 1920. The number of carbonyl (C=O) groups is 6. The van der Waals surface area contributed by atoms with E-state index in [4.69, 9.17) is 18.9 Å². The van der Waals surface area contributed by atoms with E-state index in [1.165, 1.54) is 14.2 Å². The Labute approximate surface area is 398 Å². The molecule has 0 spiro atoms. The van der Waals surface area contributed by atoms with Crippen LogP contribution in [-0.2, 0) is 51.1 Å². The Morgan fingerprint density at radius 1 is 0.836 bits per heavy atom. The van der Waals surface area contributed by atoms with Gasteiger partial charge in [-0.3, -0.25) is 24.1 Å². The average molecular weight is 938 g/mol. The summed E-state index contributed by atoms with van der Waals surface area (Å²) in [5, 5.41) is 15.7. The standard InChI is InChI=1S/C51H79N5O11/c1-15-33(6)44(40(64-13)29-41(57)56-27-19-22-39(56)45(65-14)34(7)46(58)52-38(49(61)62)28-35-20-17-16-18-21-35)55(12)48(60)42(31(2)3)53-47(59)43(32(4)5)54(11)30-36-23-25-37(26-24-36)66-50(63)67-51(8,9)10/h16-18,20-21,23-26,31-34,38-40,42-45H,15,19,22,27-30H2,1-14H3,(H,52,58)(H,53,59)(H,61,62)/t33-,34+,38-,39-,40+,42-,43-,44-,45+/m0/s1. The van der Waals surface area contributed by atoms with Crippen LogP contribution in [-0.4, -0.2) is 138 Å². The molecule has 67 heavy (non-hydrogen) atoms. The molecule has 0 bridgehead atoms. The first-order chi connectivity index (χ1) is 31.4. The molecule has 3 rings (SSSR count). The van der Waals surface area contributed by atoms with Gasteiger partial charge in [-0.15, -0.1) is 0 Å². The van der Waals surface area contributed by atoms with Crippen molar-refractivity contribution in [2.24, 2.45) is 23.7 Å². The molecule has 0 aromatic heterocycles. The van der Waals surface area contributed by atoms with Gasteiger partial charge in [0.25, 0.3) is 0 Å². The molecule has 1 fully saturated rings. The fourth-order valence-electron chi connectivity index (χ4n) is 9.06. The van der Waals surface area contributed by atoms with Crippen molar-refractivity contribution in [3.63, 3.8) is 0 Å². The zero-order valence-electron chi connectivity index (χ0n) is 42.4. The zero-order chi connectivity index (χ0) is 50.3. The number of methoxy groups -OCH3 is 2. The van der Waals surface area contributed by atoms with Crippen molar-refractivity contribution in [3.8, 4) is 5.75 Å². The van der Waals surface area contributed by atoms with E-state index in [-0.39, 0.29) is 48.3 Å². The van der Waals surface area contributed by atoms with Gasteiger partial charge < -0.3 is 44.5 Å². The van der Waals surface area contributed by atoms with Gasteiger partial charge >= 0.3 is 12.1 Å². The molecule has 374 valence electrons. The molecular weight excluding hydrogens is 859 g/mol. The van der Waals surface area contributed by atoms with Crippen LogP contribution in [0.2, 0.25) is 0 Å². The van der Waals surface area contributed by atoms with Gasteiger partial charge in [0.15, 0.2) is 0 Å². The number of ether oxygens (including phenoxy) is 4. The molecule has 2 aromatic carbocycles. The molecule has 9 atom stereocenters. The molecule has 16 nitrogen and oxygen atoms in total. The van der Waals surface area contributed by atoms with Gasteiger partial charge in [0.1, 0.15) is 23.4 Å². The maximum Gasteiger partial charge on any atom is 0.514 e. The fourth-order valence-corrected chi connectivity index (χ4v) is 9.06. The number of carboxylic acids is 1. The van der Waals surface area contributed by atoms with Crippen LogP contribution in [0.4, 0.5) is 4.79 Å². The van der Waals surface area contributed by atoms with Crippen molar-refractivity contribution in [1.82, 2.24) is 25.3 Å². The first-order valence-electron chi connectivity index (χ1n) is 23.6. The monoisotopic (exact) mass is 938 g/mol. The number of carbonyl (C=O) groups excluding carboxylic acids is 5. The first kappa shape index (κ1) is 56.3. The number of likely N-dealkylation sites (N-methyl/N-ethyl adjacent to an activating group) is 2. The number of nitrogens with zero attached hydrogens (tertiary/aromatic N) is 3. The van der Waals surface area contributed by atoms with E-state index in [9.17, 15) is 33.9 Å². The van der Waals surface area contributed by atoms with E-state index in [1.54, 1.807) is 68.8 Å². The highest BCUT2D eigenvalue weighted by molar-refractivity contribution is 5.90. The van der Waals surface area contributed by atoms with E-state index in [1.807, 2.05) is 83.8 Å². The number of rotatable bonds is 24. The van der Waals surface area contributed by atoms with Crippen molar-refractivity contribution in [1.29, 1.82) is 0 Å². The van der Waals surface area contributed by atoms with Crippen molar-refractivity contribution >= 4 is 35.8 Å². The summed E-state index contributed by atoms with van der Waals surface area (Å²) in [7, 11) is 6.56. The summed E-state index contributed by atoms with van der Waals surface area (Å²) >= 11 is 0. The van der Waals surface area contributed by atoms with Gasteiger partial charge in [-0.05, 0) is 81.7 Å². The van der Waals surface area contributed by atoms with Crippen molar-refractivity contribution in [2.45, 2.75) is 156 Å². The molecule has 16 heteroatoms. The first-order valence-corrected chi connectivity index (χ1v) is 23.6. The average Bonchev–Trinajstić information content (AvgIpc) is 3.74. The van der Waals surface area contributed by atoms with Gasteiger partial charge in [-0.25, -0.2) is 9.59 Å². The highest BCUT2D eigenvalue weighted by Crippen LogP contribution is 2.30. The Kier molecular flexibility index (Phi) is 21.8. The van der Waals surface area contributed by atoms with Crippen LogP contribution >= 0.6 is 0 Å². The van der Waals surface area contributed by atoms with Gasteiger partial charge in [-0.1, -0.05) is 97.4 Å². The maximum absolute atomic E-state index is 14.6. The predicted octanol–water partition coefficient (Wildman–Crippen LogP) is 6.33. The molecule has 1 aliphatic heterocycles. The fraction of sp³-hybridized carbons (Fsp3) is 0.647. The molecule has 0 radical (unpaired) electrons. The Hall–Kier alpha value is -5.06. The molecule has 1 saturated heterocycles. The third-order valence-electron chi connectivity index (χ3n) is 12.7. The minimum atomic E-state index is -1.15. The third-order valence-corrected chi connectivity index (χ3v) is 12.7. The maximum atomic E-state index is 14.6. The highest BCUT2D eigenvalue weighted by atomic mass is 16.7. The van der Waals surface area contributed by atoms with E-state index in [0.717, 1.165) is 11.1 Å². The Balaban J connectivity index is 1.76. The number of likely N-dealkylation sites (tertiary alicyclic amines) is 1. The summed E-state index contributed by atoms with van der Waals surface area (Å²) in [6.07, 6.45) is -0.236. The number of nitrogens with one attached hydrogen (secondary N) is 2. The van der Waals surface area contributed by atoms with Crippen LogP contribution < -0.4 is 15.4 Å². The van der Waals surface area contributed by atoms with E-state index < -0.39 is 72.0 Å². The normalized spacial score (nSPS) is 17.7. The molecule has 2 aromatic rings. The minimum absolute atomic E-state index is 0.0537. The molecule has 1 aliphatic rings. The Morgan fingerprint density at radius 2 is 1.46 bits per heavy atom. The minimum Gasteiger partial charge on any atom is -0.480 e. The van der Waals surface area contributed by atoms with Gasteiger partial charge in [0.05, 0.1) is 42.7 Å². The van der Waals surface area contributed by atoms with Crippen LogP contribution in [0.25, 0.3) is 0 Å². The Morgan fingerprint density at radius 3 is 1.99 bits per heavy atom. The van der Waals surface area contributed by atoms with Crippen molar-refractivity contribution < 1.29 is 52.8 Å². The summed E-state index contributed by atoms with van der Waals surface area (Å²) in [5.74, 6) is -3.42. The van der Waals surface area contributed by atoms with E-state index in [0.29, 0.717) is 38.1 Å². The lowest BCUT2D eigenvalue weighted by atomic mass is 9.89. The van der Waals surface area contributed by atoms with Gasteiger partial charge in [0, 0.05) is 40.8 Å². The highest BCUT2D eigenvalue weighted by Gasteiger charge is 2.43. The molecule has 3 N–H and O–H groups in total. The zero-order valence-corrected chi connectivity index (χ0v) is 42.4. The molecule has 0 aliphatic carbocycles. The third kappa shape index (κ3) is 16.3. The predicted molar refractivity (Wildman–Crippen MR) is 256 cm³/mol. The summed E-state index contributed by atoms with van der Waals surface area (Å²) in [6.45, 7) is 19.5. The lowest BCUT2D eigenvalue weighted by Gasteiger charge is -2.41. The van der Waals surface area contributed by atoms with Crippen LogP contribution in [0, 0.1) is 23.7 Å². The van der Waals surface area contributed by atoms with E-state index in [2.05, 4.69) is 10.6 Å². The van der Waals surface area contributed by atoms with Crippen LogP contribution in [0.1, 0.15) is 106 Å². The molecule has 1 heterocycles. The molecule has 0 unspecified atom stereocenters. The quantitative estimate of drug-likeness (QED) is 0.0784. The van der Waals surface area contributed by atoms with Gasteiger partial charge in [-0.2, -0.15) is 0 Å². The van der Waals surface area contributed by atoms with Crippen LogP contribution in [0.5, 0.6) is 5.75 Å². The second kappa shape index (κ2) is 25.9. The number of aliphatic carboxylic acids is 1. The van der Waals surface area contributed by atoms with Gasteiger partial charge in [0.2, 0.25) is 23.6 Å². The topological polar surface area (TPSA) is 193 Å². The second-order valence-corrected chi connectivity index (χ2v) is 19.7. The van der Waals surface area contributed by atoms with Crippen LogP contribution in [0.15, 0.2) is 54.6 Å². The smallest absolute Gasteiger partial charge is 0.480 e. The molecule has 4 amide bonds. The largest absolute Gasteiger partial charge is 0.514 e. The lowest BCUT2D eigenvalue weighted by Crippen LogP contribution is -2.60. The summed E-state index contributed by atoms with van der Waals surface area (Å²) < 4.78 is 22.5. The second-order valence-electron chi connectivity index (χ2n) is 19.7. The number of amides is 4. The summed E-state index contributed by atoms with van der Waals surface area (Å²) in [6, 6.07) is 12.4. The number of benzene rings is 2. The molecule has 0 saturated carbocycles. The molecular formula is C51H79N5O11. The lowest BCUT2D eigenvalue weighted by molar-refractivity contribution is -0.148. The summed E-state index contributed by atoms with van der Waals surface area (Å²) in [5.41, 5.74) is 0.961. The van der Waals surface area contributed by atoms with E-state index >= 15 is 0 Å². The number of hydrogen-bond acceptors (Lipinski definition) is 11. The number of carboxylic acid groups (broad SMARTS) is 1.